The second kappa shape index (κ2) is 7.99. The number of hydrogen-bond acceptors (Lipinski definition) is 3. The van der Waals surface area contributed by atoms with Gasteiger partial charge < -0.3 is 4.18 Å². The van der Waals surface area contributed by atoms with E-state index in [2.05, 4.69) is 26.8 Å². The Morgan fingerprint density at radius 3 is 1.86 bits per heavy atom. The first-order valence-corrected chi connectivity index (χ1v) is 12.3. The number of benzene rings is 1. The topological polar surface area (TPSA) is 43.4 Å². The summed E-state index contributed by atoms with van der Waals surface area (Å²) in [6, 6.07) is 11.3. The molecule has 120 valence electrons. The maximum absolute atomic E-state index is 11.5. The average Bonchev–Trinajstić information content (AvgIpc) is 2.38. The van der Waals surface area contributed by atoms with Crippen LogP contribution in [0.2, 0.25) is 18.1 Å². The Balaban J connectivity index is 3.35. The van der Waals surface area contributed by atoms with Crippen LogP contribution in [0.5, 0.6) is 5.75 Å². The standard InChI is InChI=1S/C16H28O3SSi/c1-5-12-21(13-6-2,14-7-3)16-11-9-8-10-15(16)19-20(4,17)18/h8-11H,5-7,12-14H2,1-4H3. The largest absolute Gasteiger partial charge is 0.383 e. The van der Waals surface area contributed by atoms with Gasteiger partial charge in [-0.15, -0.1) is 0 Å². The monoisotopic (exact) mass is 328 g/mol. The van der Waals surface area contributed by atoms with Gasteiger partial charge in [0, 0.05) is 0 Å². The summed E-state index contributed by atoms with van der Waals surface area (Å²) >= 11 is 0. The van der Waals surface area contributed by atoms with Crippen molar-refractivity contribution in [3.05, 3.63) is 24.3 Å². The summed E-state index contributed by atoms with van der Waals surface area (Å²) < 4.78 is 28.4. The second-order valence-electron chi connectivity index (χ2n) is 5.81. The van der Waals surface area contributed by atoms with E-state index >= 15 is 0 Å². The van der Waals surface area contributed by atoms with Gasteiger partial charge in [-0.3, -0.25) is 0 Å². The maximum Gasteiger partial charge on any atom is 0.306 e. The molecule has 1 aromatic rings. The Hall–Kier alpha value is -0.813. The van der Waals surface area contributed by atoms with Gasteiger partial charge >= 0.3 is 10.1 Å². The SMILES string of the molecule is CCC[Si](CCC)(CCC)c1ccccc1OS(C)(=O)=O. The molecule has 1 rings (SSSR count). The summed E-state index contributed by atoms with van der Waals surface area (Å²) in [5.41, 5.74) is 0. The van der Waals surface area contributed by atoms with Gasteiger partial charge in [-0.25, -0.2) is 0 Å². The number of rotatable bonds is 9. The van der Waals surface area contributed by atoms with E-state index in [0.29, 0.717) is 5.75 Å². The average molecular weight is 329 g/mol. The predicted molar refractivity (Wildman–Crippen MR) is 92.6 cm³/mol. The third-order valence-corrected chi connectivity index (χ3v) is 10.3. The molecule has 1 aromatic carbocycles. The Kier molecular flexibility index (Phi) is 6.94. The Bertz CT molecular complexity index is 523. The highest BCUT2D eigenvalue weighted by molar-refractivity contribution is 7.86. The molecule has 5 heteroatoms. The summed E-state index contributed by atoms with van der Waals surface area (Å²) in [5.74, 6) is 0.557. The van der Waals surface area contributed by atoms with Crippen molar-refractivity contribution in [3.8, 4) is 5.75 Å². The summed E-state index contributed by atoms with van der Waals surface area (Å²) in [5, 5.41) is 1.18. The van der Waals surface area contributed by atoms with E-state index in [1.807, 2.05) is 12.1 Å². The molecule has 3 nitrogen and oxygen atoms in total. The van der Waals surface area contributed by atoms with E-state index in [-0.39, 0.29) is 0 Å². The van der Waals surface area contributed by atoms with Gasteiger partial charge in [0.2, 0.25) is 0 Å². The molecule has 0 aliphatic heterocycles. The normalized spacial score (nSPS) is 12.4. The zero-order valence-electron chi connectivity index (χ0n) is 13.7. The molecule has 0 saturated heterocycles. The van der Waals surface area contributed by atoms with Crippen LogP contribution >= 0.6 is 0 Å². The minimum Gasteiger partial charge on any atom is -0.383 e. The van der Waals surface area contributed by atoms with Crippen LogP contribution in [0, 0.1) is 0 Å². The third kappa shape index (κ3) is 5.15. The van der Waals surface area contributed by atoms with E-state index in [4.69, 9.17) is 4.18 Å². The zero-order chi connectivity index (χ0) is 15.9. The van der Waals surface area contributed by atoms with Crippen LogP contribution in [0.15, 0.2) is 24.3 Å². The van der Waals surface area contributed by atoms with E-state index in [1.165, 1.54) is 23.3 Å². The summed E-state index contributed by atoms with van der Waals surface area (Å²) in [4.78, 5) is 0. The van der Waals surface area contributed by atoms with Gasteiger partial charge in [-0.05, 0) is 11.3 Å². The second-order valence-corrected chi connectivity index (χ2v) is 12.0. The lowest BCUT2D eigenvalue weighted by atomic mass is 10.3. The van der Waals surface area contributed by atoms with Gasteiger partial charge in [0.15, 0.2) is 0 Å². The predicted octanol–water partition coefficient (Wildman–Crippen LogP) is 3.91. The van der Waals surface area contributed by atoms with Crippen molar-refractivity contribution in [2.75, 3.05) is 6.26 Å². The first kappa shape index (κ1) is 18.2. The van der Waals surface area contributed by atoms with Crippen LogP contribution < -0.4 is 9.37 Å². The molecule has 0 unspecified atom stereocenters. The molecule has 0 spiro atoms. The molecule has 21 heavy (non-hydrogen) atoms. The molecule has 0 aromatic heterocycles. The summed E-state index contributed by atoms with van der Waals surface area (Å²) in [6.07, 6.45) is 4.53. The minimum absolute atomic E-state index is 0.557. The zero-order valence-corrected chi connectivity index (χ0v) is 15.5. The lowest BCUT2D eigenvalue weighted by Crippen LogP contribution is -2.48. The van der Waals surface area contributed by atoms with Gasteiger partial charge in [-0.2, -0.15) is 8.42 Å². The van der Waals surface area contributed by atoms with Crippen LogP contribution in [0.4, 0.5) is 0 Å². The smallest absolute Gasteiger partial charge is 0.306 e. The third-order valence-electron chi connectivity index (χ3n) is 3.89. The highest BCUT2D eigenvalue weighted by atomic mass is 32.2. The van der Waals surface area contributed by atoms with E-state index in [0.717, 1.165) is 25.5 Å². The van der Waals surface area contributed by atoms with Gasteiger partial charge in [0.05, 0.1) is 14.3 Å². The molecule has 0 saturated carbocycles. The van der Waals surface area contributed by atoms with Crippen LogP contribution in [-0.4, -0.2) is 22.7 Å². The quantitative estimate of drug-likeness (QED) is 0.510. The van der Waals surface area contributed by atoms with Gasteiger partial charge in [-0.1, -0.05) is 76.4 Å². The molecule has 0 amide bonds. The highest BCUT2D eigenvalue weighted by Gasteiger charge is 2.35. The summed E-state index contributed by atoms with van der Waals surface area (Å²) in [6.45, 7) is 6.65. The van der Waals surface area contributed by atoms with Crippen molar-refractivity contribution in [1.82, 2.24) is 0 Å². The van der Waals surface area contributed by atoms with Crippen LogP contribution in [0.25, 0.3) is 0 Å². The molecule has 0 aliphatic carbocycles. The van der Waals surface area contributed by atoms with E-state index < -0.39 is 18.2 Å². The number of para-hydroxylation sites is 1. The van der Waals surface area contributed by atoms with Crippen LogP contribution in [0.1, 0.15) is 40.0 Å². The van der Waals surface area contributed by atoms with Crippen molar-refractivity contribution in [1.29, 1.82) is 0 Å². The lowest BCUT2D eigenvalue weighted by Gasteiger charge is -2.33. The molecular weight excluding hydrogens is 300 g/mol. The van der Waals surface area contributed by atoms with Crippen molar-refractivity contribution in [2.45, 2.75) is 58.2 Å². The molecule has 0 radical (unpaired) electrons. The van der Waals surface area contributed by atoms with Crippen molar-refractivity contribution in [3.63, 3.8) is 0 Å². The Morgan fingerprint density at radius 1 is 0.952 bits per heavy atom. The molecule has 0 heterocycles. The Morgan fingerprint density at radius 2 is 1.43 bits per heavy atom. The fourth-order valence-electron chi connectivity index (χ4n) is 3.36. The van der Waals surface area contributed by atoms with Crippen LogP contribution in [-0.2, 0) is 10.1 Å². The fraction of sp³-hybridized carbons (Fsp3) is 0.625. The summed E-state index contributed by atoms with van der Waals surface area (Å²) in [7, 11) is -5.19. The number of hydrogen-bond donors (Lipinski definition) is 0. The fourth-order valence-corrected chi connectivity index (χ4v) is 9.44. The molecule has 0 aliphatic rings. The molecule has 0 N–H and O–H groups in total. The first-order chi connectivity index (χ1) is 9.88. The highest BCUT2D eigenvalue weighted by Crippen LogP contribution is 2.29. The lowest BCUT2D eigenvalue weighted by molar-refractivity contribution is 0.494. The van der Waals surface area contributed by atoms with Crippen molar-refractivity contribution < 1.29 is 12.6 Å². The van der Waals surface area contributed by atoms with Gasteiger partial charge in [0.25, 0.3) is 0 Å². The van der Waals surface area contributed by atoms with Gasteiger partial charge in [0.1, 0.15) is 5.75 Å². The van der Waals surface area contributed by atoms with Crippen LogP contribution in [0.3, 0.4) is 0 Å². The molecular formula is C16H28O3SSi. The molecule has 0 fully saturated rings. The molecule has 0 atom stereocenters. The minimum atomic E-state index is -3.48. The van der Waals surface area contributed by atoms with Crippen molar-refractivity contribution in [2.24, 2.45) is 0 Å². The Labute approximate surface area is 130 Å². The van der Waals surface area contributed by atoms with Crippen molar-refractivity contribution >= 4 is 23.4 Å². The first-order valence-electron chi connectivity index (χ1n) is 7.87. The van der Waals surface area contributed by atoms with E-state index in [1.54, 1.807) is 6.07 Å². The van der Waals surface area contributed by atoms with E-state index in [9.17, 15) is 8.42 Å². The molecule has 0 bridgehead atoms. The maximum atomic E-state index is 11.5.